The Balaban J connectivity index is 2.67. The number of nitrogens with two attached hydrogens (primary N) is 1. The molecule has 0 aliphatic carbocycles. The van der Waals surface area contributed by atoms with E-state index in [1.807, 2.05) is 18.2 Å². The van der Waals surface area contributed by atoms with Crippen molar-refractivity contribution in [3.8, 4) is 0 Å². The molecule has 0 saturated carbocycles. The predicted octanol–water partition coefficient (Wildman–Crippen LogP) is 2.53. The summed E-state index contributed by atoms with van der Waals surface area (Å²) < 4.78 is 0. The lowest BCUT2D eigenvalue weighted by molar-refractivity contribution is 0.165. The zero-order valence-corrected chi connectivity index (χ0v) is 9.64. The summed E-state index contributed by atoms with van der Waals surface area (Å²) in [5, 5.41) is 11.9. The van der Waals surface area contributed by atoms with Crippen LogP contribution in [0, 0.1) is 6.92 Å². The van der Waals surface area contributed by atoms with Gasteiger partial charge in [0.1, 0.15) is 0 Å². The highest BCUT2D eigenvalue weighted by molar-refractivity contribution is 5.88. The minimum atomic E-state index is -0.536. The Labute approximate surface area is 95.7 Å². The fourth-order valence-corrected chi connectivity index (χ4v) is 2.02. The van der Waals surface area contributed by atoms with Crippen LogP contribution < -0.4 is 5.73 Å². The van der Waals surface area contributed by atoms with E-state index in [0.29, 0.717) is 0 Å². The van der Waals surface area contributed by atoms with Crippen LogP contribution >= 0.6 is 0 Å². The summed E-state index contributed by atoms with van der Waals surface area (Å²) in [4.78, 5) is 0. The lowest BCUT2D eigenvalue weighted by Crippen LogP contribution is -2.23. The zero-order chi connectivity index (χ0) is 11.7. The standard InChI is InChI=1S/C14H17NO/c1-9-7-8-13(14(15)10(2)16)12-6-4-3-5-11(9)12/h3-8,10,14,16H,15H2,1-2H3/t10-,14-/m0/s1. The van der Waals surface area contributed by atoms with Crippen LogP contribution in [0.5, 0.6) is 0 Å². The number of hydrogen-bond acceptors (Lipinski definition) is 2. The van der Waals surface area contributed by atoms with Crippen LogP contribution in [0.25, 0.3) is 10.8 Å². The van der Waals surface area contributed by atoms with Gasteiger partial charge >= 0.3 is 0 Å². The molecule has 0 spiro atoms. The van der Waals surface area contributed by atoms with E-state index >= 15 is 0 Å². The van der Waals surface area contributed by atoms with Gasteiger partial charge in [-0.2, -0.15) is 0 Å². The van der Waals surface area contributed by atoms with Crippen LogP contribution in [-0.4, -0.2) is 11.2 Å². The fraction of sp³-hybridized carbons (Fsp3) is 0.286. The number of aliphatic hydroxyl groups is 1. The molecule has 2 rings (SSSR count). The van der Waals surface area contributed by atoms with Crippen molar-refractivity contribution in [3.05, 3.63) is 47.5 Å². The maximum absolute atomic E-state index is 9.58. The molecule has 0 amide bonds. The van der Waals surface area contributed by atoms with Crippen LogP contribution in [0.3, 0.4) is 0 Å². The van der Waals surface area contributed by atoms with Crippen molar-refractivity contribution in [2.24, 2.45) is 5.73 Å². The van der Waals surface area contributed by atoms with Crippen molar-refractivity contribution in [3.63, 3.8) is 0 Å². The van der Waals surface area contributed by atoms with Gasteiger partial charge in [-0.3, -0.25) is 0 Å². The van der Waals surface area contributed by atoms with Gasteiger partial charge in [-0.15, -0.1) is 0 Å². The molecule has 0 saturated heterocycles. The Morgan fingerprint density at radius 3 is 2.31 bits per heavy atom. The van der Waals surface area contributed by atoms with Gasteiger partial charge in [-0.1, -0.05) is 36.4 Å². The van der Waals surface area contributed by atoms with Gasteiger partial charge in [0.05, 0.1) is 12.1 Å². The molecule has 84 valence electrons. The Hall–Kier alpha value is -1.38. The first-order chi connectivity index (χ1) is 7.61. The van der Waals surface area contributed by atoms with Crippen molar-refractivity contribution in [1.82, 2.24) is 0 Å². The summed E-state index contributed by atoms with van der Waals surface area (Å²) in [6.45, 7) is 3.80. The van der Waals surface area contributed by atoms with Gasteiger partial charge in [0.15, 0.2) is 0 Å². The zero-order valence-electron chi connectivity index (χ0n) is 9.64. The Bertz CT molecular complexity index is 505. The second-order valence-electron chi connectivity index (χ2n) is 4.28. The first-order valence-electron chi connectivity index (χ1n) is 5.53. The molecule has 2 aromatic carbocycles. The van der Waals surface area contributed by atoms with E-state index in [-0.39, 0.29) is 6.04 Å². The first kappa shape index (κ1) is 11.1. The highest BCUT2D eigenvalue weighted by Gasteiger charge is 2.15. The molecule has 0 unspecified atom stereocenters. The van der Waals surface area contributed by atoms with Crippen LogP contribution in [0.1, 0.15) is 24.1 Å². The molecule has 0 aromatic heterocycles. The average Bonchev–Trinajstić information content (AvgIpc) is 2.29. The van der Waals surface area contributed by atoms with Gasteiger partial charge in [-0.05, 0) is 35.7 Å². The third-order valence-electron chi connectivity index (χ3n) is 3.05. The van der Waals surface area contributed by atoms with Crippen LogP contribution in [0.15, 0.2) is 36.4 Å². The van der Waals surface area contributed by atoms with Crippen molar-refractivity contribution in [2.45, 2.75) is 26.0 Å². The van der Waals surface area contributed by atoms with Crippen molar-refractivity contribution in [2.75, 3.05) is 0 Å². The van der Waals surface area contributed by atoms with E-state index in [4.69, 9.17) is 5.73 Å². The highest BCUT2D eigenvalue weighted by Crippen LogP contribution is 2.27. The number of fused-ring (bicyclic) bond motifs is 1. The van der Waals surface area contributed by atoms with Crippen LogP contribution in [0.4, 0.5) is 0 Å². The van der Waals surface area contributed by atoms with Crippen molar-refractivity contribution >= 4 is 10.8 Å². The Morgan fingerprint density at radius 2 is 1.69 bits per heavy atom. The minimum Gasteiger partial charge on any atom is -0.391 e. The second kappa shape index (κ2) is 4.24. The maximum Gasteiger partial charge on any atom is 0.0704 e. The number of benzene rings is 2. The number of aryl methyl sites for hydroxylation is 1. The minimum absolute atomic E-state index is 0.328. The molecule has 0 heterocycles. The molecular formula is C14H17NO. The molecule has 2 aromatic rings. The molecule has 3 N–H and O–H groups in total. The molecule has 16 heavy (non-hydrogen) atoms. The number of hydrogen-bond donors (Lipinski definition) is 2. The molecule has 0 bridgehead atoms. The summed E-state index contributed by atoms with van der Waals surface area (Å²) in [5.41, 5.74) is 8.25. The smallest absolute Gasteiger partial charge is 0.0704 e. The molecule has 2 nitrogen and oxygen atoms in total. The third-order valence-corrected chi connectivity index (χ3v) is 3.05. The monoisotopic (exact) mass is 215 g/mol. The van der Waals surface area contributed by atoms with Gasteiger partial charge in [0.25, 0.3) is 0 Å². The molecule has 2 atom stereocenters. The summed E-state index contributed by atoms with van der Waals surface area (Å²) in [6.07, 6.45) is -0.536. The van der Waals surface area contributed by atoms with Gasteiger partial charge in [0, 0.05) is 0 Å². The number of aliphatic hydroxyl groups excluding tert-OH is 1. The Kier molecular flexibility index (Phi) is 2.95. The summed E-state index contributed by atoms with van der Waals surface area (Å²) in [6, 6.07) is 11.9. The molecule has 0 aliphatic rings. The van der Waals surface area contributed by atoms with E-state index in [1.54, 1.807) is 6.92 Å². The van der Waals surface area contributed by atoms with E-state index in [9.17, 15) is 5.11 Å². The van der Waals surface area contributed by atoms with Gasteiger partial charge in [-0.25, -0.2) is 0 Å². The largest absolute Gasteiger partial charge is 0.391 e. The normalized spacial score (nSPS) is 15.0. The Morgan fingerprint density at radius 1 is 1.06 bits per heavy atom. The molecule has 0 radical (unpaired) electrons. The summed E-state index contributed by atoms with van der Waals surface area (Å²) >= 11 is 0. The first-order valence-corrected chi connectivity index (χ1v) is 5.53. The fourth-order valence-electron chi connectivity index (χ4n) is 2.02. The molecular weight excluding hydrogens is 198 g/mol. The van der Waals surface area contributed by atoms with E-state index in [1.165, 1.54) is 10.9 Å². The lowest BCUT2D eigenvalue weighted by Gasteiger charge is -2.18. The predicted molar refractivity (Wildman–Crippen MR) is 67.3 cm³/mol. The quantitative estimate of drug-likeness (QED) is 0.808. The third kappa shape index (κ3) is 1.82. The van der Waals surface area contributed by atoms with Crippen molar-refractivity contribution < 1.29 is 5.11 Å². The van der Waals surface area contributed by atoms with Crippen LogP contribution in [0.2, 0.25) is 0 Å². The average molecular weight is 215 g/mol. The summed E-state index contributed by atoms with van der Waals surface area (Å²) in [5.74, 6) is 0. The molecule has 2 heteroatoms. The topological polar surface area (TPSA) is 46.2 Å². The molecule has 0 fully saturated rings. The maximum atomic E-state index is 9.58. The van der Waals surface area contributed by atoms with E-state index in [2.05, 4.69) is 25.1 Å². The van der Waals surface area contributed by atoms with Gasteiger partial charge in [0.2, 0.25) is 0 Å². The van der Waals surface area contributed by atoms with Crippen molar-refractivity contribution in [1.29, 1.82) is 0 Å². The number of rotatable bonds is 2. The van der Waals surface area contributed by atoms with Gasteiger partial charge < -0.3 is 10.8 Å². The lowest BCUT2D eigenvalue weighted by atomic mass is 9.94. The highest BCUT2D eigenvalue weighted by atomic mass is 16.3. The van der Waals surface area contributed by atoms with Crippen LogP contribution in [-0.2, 0) is 0 Å². The van der Waals surface area contributed by atoms with E-state index in [0.717, 1.165) is 10.9 Å². The molecule has 0 aliphatic heterocycles. The second-order valence-corrected chi connectivity index (χ2v) is 4.28. The SMILES string of the molecule is Cc1ccc([C@@H](N)[C@H](C)O)c2ccccc12. The van der Waals surface area contributed by atoms with E-state index < -0.39 is 6.10 Å². The summed E-state index contributed by atoms with van der Waals surface area (Å²) in [7, 11) is 0.